The van der Waals surface area contributed by atoms with Crippen LogP contribution in [-0.4, -0.2) is 18.5 Å². The van der Waals surface area contributed by atoms with E-state index < -0.39 is 18.5 Å². The van der Waals surface area contributed by atoms with E-state index in [1.165, 1.54) is 6.26 Å². The molecule has 0 saturated carbocycles. The fourth-order valence-electron chi connectivity index (χ4n) is 0.731. The minimum atomic E-state index is -0.652. The molecule has 14 heavy (non-hydrogen) atoms. The minimum absolute atomic E-state index is 0.459. The van der Waals surface area contributed by atoms with Gasteiger partial charge in [-0.05, 0) is 20.8 Å². The first-order valence-electron chi connectivity index (χ1n) is 4.35. The number of carbonyl (C=O) groups excluding carboxylic acids is 1. The SMILES string of the molecule is C=CC(=O)OC(C)OC(C)OC=CC. The summed E-state index contributed by atoms with van der Waals surface area (Å²) in [5.41, 5.74) is 0. The third-order valence-electron chi connectivity index (χ3n) is 1.24. The second-order valence-corrected chi connectivity index (χ2v) is 2.52. The first-order valence-corrected chi connectivity index (χ1v) is 4.35. The number of esters is 1. The molecule has 0 aliphatic carbocycles. The lowest BCUT2D eigenvalue weighted by molar-refractivity contribution is -0.213. The van der Waals surface area contributed by atoms with Crippen LogP contribution in [0.4, 0.5) is 0 Å². The first-order chi connectivity index (χ1) is 6.60. The van der Waals surface area contributed by atoms with Gasteiger partial charge in [-0.25, -0.2) is 4.79 Å². The Bertz CT molecular complexity index is 210. The zero-order valence-electron chi connectivity index (χ0n) is 8.73. The molecule has 0 saturated heterocycles. The first kappa shape index (κ1) is 12.7. The molecular weight excluding hydrogens is 184 g/mol. The topological polar surface area (TPSA) is 44.8 Å². The van der Waals surface area contributed by atoms with E-state index in [0.29, 0.717) is 0 Å². The molecule has 0 aliphatic heterocycles. The Morgan fingerprint density at radius 1 is 1.36 bits per heavy atom. The van der Waals surface area contributed by atoms with Crippen LogP contribution >= 0.6 is 0 Å². The molecule has 0 heterocycles. The largest absolute Gasteiger partial charge is 0.473 e. The summed E-state index contributed by atoms with van der Waals surface area (Å²) >= 11 is 0. The highest BCUT2D eigenvalue weighted by atomic mass is 16.8. The molecular formula is C10H16O4. The van der Waals surface area contributed by atoms with Gasteiger partial charge < -0.3 is 14.2 Å². The van der Waals surface area contributed by atoms with Gasteiger partial charge in [-0.3, -0.25) is 0 Å². The summed E-state index contributed by atoms with van der Waals surface area (Å²) in [6, 6.07) is 0. The second-order valence-electron chi connectivity index (χ2n) is 2.52. The van der Waals surface area contributed by atoms with Crippen LogP contribution in [0.25, 0.3) is 0 Å². The molecule has 80 valence electrons. The van der Waals surface area contributed by atoms with E-state index in [1.807, 2.05) is 6.92 Å². The zero-order valence-corrected chi connectivity index (χ0v) is 8.73. The van der Waals surface area contributed by atoms with Crippen molar-refractivity contribution in [1.29, 1.82) is 0 Å². The van der Waals surface area contributed by atoms with Crippen molar-refractivity contribution in [1.82, 2.24) is 0 Å². The molecule has 0 bridgehead atoms. The lowest BCUT2D eigenvalue weighted by Gasteiger charge is -2.17. The Balaban J connectivity index is 3.75. The Morgan fingerprint density at radius 3 is 2.50 bits per heavy atom. The third kappa shape index (κ3) is 6.25. The van der Waals surface area contributed by atoms with Crippen LogP contribution in [0.5, 0.6) is 0 Å². The van der Waals surface area contributed by atoms with Crippen molar-refractivity contribution in [2.45, 2.75) is 33.4 Å². The highest BCUT2D eigenvalue weighted by Crippen LogP contribution is 2.02. The maximum Gasteiger partial charge on any atom is 0.332 e. The lowest BCUT2D eigenvalue weighted by atomic mass is 10.6. The number of allylic oxidation sites excluding steroid dienone is 1. The van der Waals surface area contributed by atoms with E-state index in [2.05, 4.69) is 6.58 Å². The van der Waals surface area contributed by atoms with Crippen LogP contribution < -0.4 is 0 Å². The average molecular weight is 200 g/mol. The zero-order chi connectivity index (χ0) is 11.0. The molecule has 0 aromatic carbocycles. The van der Waals surface area contributed by atoms with Crippen LogP contribution in [-0.2, 0) is 19.0 Å². The fourth-order valence-corrected chi connectivity index (χ4v) is 0.731. The predicted octanol–water partition coefficient (Wildman–Crippen LogP) is 1.97. The summed E-state index contributed by atoms with van der Waals surface area (Å²) in [6.07, 6.45) is 3.21. The summed E-state index contributed by atoms with van der Waals surface area (Å²) in [7, 11) is 0. The molecule has 0 N–H and O–H groups in total. The van der Waals surface area contributed by atoms with Gasteiger partial charge in [-0.15, -0.1) is 0 Å². The van der Waals surface area contributed by atoms with Crippen LogP contribution in [0, 0.1) is 0 Å². The van der Waals surface area contributed by atoms with Crippen LogP contribution in [0.3, 0.4) is 0 Å². The Hall–Kier alpha value is -1.29. The molecule has 0 rings (SSSR count). The average Bonchev–Trinajstić information content (AvgIpc) is 2.14. The molecule has 0 radical (unpaired) electrons. The van der Waals surface area contributed by atoms with Gasteiger partial charge in [0.05, 0.1) is 6.26 Å². The standard InChI is InChI=1S/C10H16O4/c1-5-7-12-8(3)13-9(4)14-10(11)6-2/h5-9H,2H2,1,3-4H3. The van der Waals surface area contributed by atoms with Gasteiger partial charge in [0.1, 0.15) is 0 Å². The number of rotatable bonds is 6. The summed E-state index contributed by atoms with van der Waals surface area (Å²) in [6.45, 7) is 8.41. The fraction of sp³-hybridized carbons (Fsp3) is 0.500. The van der Waals surface area contributed by atoms with Crippen molar-refractivity contribution in [2.75, 3.05) is 0 Å². The monoisotopic (exact) mass is 200 g/mol. The number of ether oxygens (including phenoxy) is 3. The second kappa shape index (κ2) is 7.15. The maximum absolute atomic E-state index is 10.7. The van der Waals surface area contributed by atoms with Gasteiger partial charge in [-0.2, -0.15) is 0 Å². The molecule has 0 fully saturated rings. The van der Waals surface area contributed by atoms with E-state index in [-0.39, 0.29) is 0 Å². The van der Waals surface area contributed by atoms with Crippen molar-refractivity contribution in [2.24, 2.45) is 0 Å². The van der Waals surface area contributed by atoms with Crippen molar-refractivity contribution < 1.29 is 19.0 Å². The number of hydrogen-bond acceptors (Lipinski definition) is 4. The molecule has 0 aromatic heterocycles. The smallest absolute Gasteiger partial charge is 0.332 e. The van der Waals surface area contributed by atoms with Gasteiger partial charge in [0.2, 0.25) is 6.29 Å². The molecule has 0 amide bonds. The van der Waals surface area contributed by atoms with Gasteiger partial charge in [0, 0.05) is 6.08 Å². The maximum atomic E-state index is 10.7. The molecule has 2 unspecified atom stereocenters. The number of hydrogen-bond donors (Lipinski definition) is 0. The molecule has 0 aromatic rings. The van der Waals surface area contributed by atoms with Crippen molar-refractivity contribution >= 4 is 5.97 Å². The van der Waals surface area contributed by atoms with Gasteiger partial charge in [0.15, 0.2) is 6.29 Å². The van der Waals surface area contributed by atoms with E-state index in [9.17, 15) is 4.79 Å². The van der Waals surface area contributed by atoms with Crippen molar-refractivity contribution in [3.8, 4) is 0 Å². The van der Waals surface area contributed by atoms with E-state index in [4.69, 9.17) is 14.2 Å². The third-order valence-corrected chi connectivity index (χ3v) is 1.24. The molecule has 2 atom stereocenters. The molecule has 4 nitrogen and oxygen atoms in total. The molecule has 4 heteroatoms. The van der Waals surface area contributed by atoms with Crippen LogP contribution in [0.15, 0.2) is 25.0 Å². The minimum Gasteiger partial charge on any atom is -0.473 e. The Kier molecular flexibility index (Phi) is 6.49. The normalized spacial score (nSPS) is 14.8. The van der Waals surface area contributed by atoms with E-state index in [1.54, 1.807) is 19.9 Å². The highest BCUT2D eigenvalue weighted by molar-refractivity contribution is 5.81. The molecule has 0 spiro atoms. The van der Waals surface area contributed by atoms with E-state index >= 15 is 0 Å². The van der Waals surface area contributed by atoms with E-state index in [0.717, 1.165) is 6.08 Å². The Labute approximate surface area is 84.1 Å². The van der Waals surface area contributed by atoms with Gasteiger partial charge in [-0.1, -0.05) is 12.7 Å². The van der Waals surface area contributed by atoms with Crippen molar-refractivity contribution in [3.05, 3.63) is 25.0 Å². The lowest BCUT2D eigenvalue weighted by Crippen LogP contribution is -2.22. The highest BCUT2D eigenvalue weighted by Gasteiger charge is 2.10. The summed E-state index contributed by atoms with van der Waals surface area (Å²) in [5.74, 6) is -0.518. The van der Waals surface area contributed by atoms with Crippen LogP contribution in [0.1, 0.15) is 20.8 Å². The van der Waals surface area contributed by atoms with Gasteiger partial charge in [0.25, 0.3) is 0 Å². The number of carbonyl (C=O) groups is 1. The summed E-state index contributed by atoms with van der Waals surface area (Å²) < 4.78 is 15.0. The summed E-state index contributed by atoms with van der Waals surface area (Å²) in [5, 5.41) is 0. The molecule has 0 aliphatic rings. The van der Waals surface area contributed by atoms with Crippen LogP contribution in [0.2, 0.25) is 0 Å². The van der Waals surface area contributed by atoms with Gasteiger partial charge >= 0.3 is 5.97 Å². The van der Waals surface area contributed by atoms with Crippen molar-refractivity contribution in [3.63, 3.8) is 0 Å². The quantitative estimate of drug-likeness (QED) is 0.284. The summed E-state index contributed by atoms with van der Waals surface area (Å²) in [4.78, 5) is 10.7. The Morgan fingerprint density at radius 2 is 2.00 bits per heavy atom. The predicted molar refractivity (Wildman–Crippen MR) is 52.2 cm³/mol.